The van der Waals surface area contributed by atoms with E-state index in [9.17, 15) is 0 Å². The molecular weight excluding hydrogens is 275 g/mol. The van der Waals surface area contributed by atoms with Crippen LogP contribution in [0.15, 0.2) is 22.7 Å². The molecule has 4 heteroatoms. The molecule has 0 spiro atoms. The lowest BCUT2D eigenvalue weighted by molar-refractivity contribution is 0.767. The highest BCUT2D eigenvalue weighted by molar-refractivity contribution is 9.10. The molecule has 0 aliphatic heterocycles. The van der Waals surface area contributed by atoms with Crippen molar-refractivity contribution in [1.29, 1.82) is 5.26 Å². The van der Waals surface area contributed by atoms with Gasteiger partial charge in [0.1, 0.15) is 6.04 Å². The lowest BCUT2D eigenvalue weighted by atomic mass is 10.2. The molecule has 2 nitrogen and oxygen atoms in total. The SMILES string of the molecule is N#CC(Nc1ccc(Cl)c(Br)c1)C1CC1. The molecule has 0 radical (unpaired) electrons. The van der Waals surface area contributed by atoms with Crippen LogP contribution in [0.5, 0.6) is 0 Å². The van der Waals surface area contributed by atoms with Crippen molar-refractivity contribution >= 4 is 33.2 Å². The van der Waals surface area contributed by atoms with E-state index in [-0.39, 0.29) is 6.04 Å². The van der Waals surface area contributed by atoms with Crippen molar-refractivity contribution in [3.63, 3.8) is 0 Å². The molecule has 1 aliphatic rings. The Kier molecular flexibility index (Phi) is 3.18. The van der Waals surface area contributed by atoms with E-state index in [0.717, 1.165) is 23.0 Å². The van der Waals surface area contributed by atoms with Crippen LogP contribution in [-0.4, -0.2) is 6.04 Å². The van der Waals surface area contributed by atoms with E-state index in [0.29, 0.717) is 10.9 Å². The van der Waals surface area contributed by atoms with Gasteiger partial charge in [-0.1, -0.05) is 11.6 Å². The number of hydrogen-bond donors (Lipinski definition) is 1. The third kappa shape index (κ3) is 2.64. The van der Waals surface area contributed by atoms with Crippen molar-refractivity contribution in [2.75, 3.05) is 5.32 Å². The van der Waals surface area contributed by atoms with Gasteiger partial charge in [-0.2, -0.15) is 5.26 Å². The van der Waals surface area contributed by atoms with E-state index in [1.807, 2.05) is 18.2 Å². The molecule has 15 heavy (non-hydrogen) atoms. The monoisotopic (exact) mass is 284 g/mol. The maximum atomic E-state index is 8.97. The first-order chi connectivity index (χ1) is 7.20. The first kappa shape index (κ1) is 10.8. The van der Waals surface area contributed by atoms with Gasteiger partial charge in [-0.15, -0.1) is 0 Å². The van der Waals surface area contributed by atoms with Gasteiger partial charge in [-0.25, -0.2) is 0 Å². The lowest BCUT2D eigenvalue weighted by Gasteiger charge is -2.12. The number of hydrogen-bond acceptors (Lipinski definition) is 2. The van der Waals surface area contributed by atoms with E-state index in [2.05, 4.69) is 27.3 Å². The third-order valence-corrected chi connectivity index (χ3v) is 3.69. The Morgan fingerprint density at radius 2 is 2.27 bits per heavy atom. The largest absolute Gasteiger partial charge is 0.370 e. The molecule has 1 aliphatic carbocycles. The second-order valence-corrected chi connectivity index (χ2v) is 4.98. The van der Waals surface area contributed by atoms with Crippen LogP contribution >= 0.6 is 27.5 Å². The van der Waals surface area contributed by atoms with Gasteiger partial charge in [0, 0.05) is 10.2 Å². The molecule has 0 amide bonds. The predicted octanol–water partition coefficient (Wildman–Crippen LogP) is 3.82. The summed E-state index contributed by atoms with van der Waals surface area (Å²) in [4.78, 5) is 0. The maximum Gasteiger partial charge on any atom is 0.117 e. The number of halogens is 2. The number of nitrogens with one attached hydrogen (secondary N) is 1. The molecule has 1 fully saturated rings. The minimum atomic E-state index is -0.0712. The molecule has 1 aromatic rings. The average Bonchev–Trinajstić information content (AvgIpc) is 3.03. The summed E-state index contributed by atoms with van der Waals surface area (Å²) in [6.07, 6.45) is 2.31. The molecule has 1 atom stereocenters. The zero-order valence-electron chi connectivity index (χ0n) is 8.00. The molecule has 1 N–H and O–H groups in total. The molecule has 1 aromatic carbocycles. The Bertz CT molecular complexity index is 410. The Balaban J connectivity index is 2.09. The van der Waals surface area contributed by atoms with E-state index >= 15 is 0 Å². The maximum absolute atomic E-state index is 8.97. The summed E-state index contributed by atoms with van der Waals surface area (Å²) in [7, 11) is 0. The fourth-order valence-corrected chi connectivity index (χ4v) is 1.95. The quantitative estimate of drug-likeness (QED) is 0.916. The van der Waals surface area contributed by atoms with Gasteiger partial charge in [0.15, 0.2) is 0 Å². The van der Waals surface area contributed by atoms with Crippen LogP contribution in [0.4, 0.5) is 5.69 Å². The fourth-order valence-electron chi connectivity index (χ4n) is 1.45. The Morgan fingerprint density at radius 3 is 2.80 bits per heavy atom. The van der Waals surface area contributed by atoms with Gasteiger partial charge < -0.3 is 5.32 Å². The summed E-state index contributed by atoms with van der Waals surface area (Å²) >= 11 is 9.24. The van der Waals surface area contributed by atoms with Gasteiger partial charge in [-0.05, 0) is 52.9 Å². The number of benzene rings is 1. The molecule has 0 bridgehead atoms. The van der Waals surface area contributed by atoms with E-state index in [4.69, 9.17) is 16.9 Å². The van der Waals surface area contributed by atoms with Crippen LogP contribution in [0.25, 0.3) is 0 Å². The Hall–Kier alpha value is -0.720. The summed E-state index contributed by atoms with van der Waals surface area (Å²) in [5, 5.41) is 12.9. The van der Waals surface area contributed by atoms with Gasteiger partial charge in [0.05, 0.1) is 11.1 Å². The summed E-state index contributed by atoms with van der Waals surface area (Å²) in [5.41, 5.74) is 0.935. The van der Waals surface area contributed by atoms with Gasteiger partial charge >= 0.3 is 0 Å². The molecule has 78 valence electrons. The molecular formula is C11H10BrClN2. The molecule has 0 saturated heterocycles. The minimum Gasteiger partial charge on any atom is -0.370 e. The zero-order chi connectivity index (χ0) is 10.8. The van der Waals surface area contributed by atoms with E-state index < -0.39 is 0 Å². The van der Waals surface area contributed by atoms with Gasteiger partial charge in [0.2, 0.25) is 0 Å². The highest BCUT2D eigenvalue weighted by Crippen LogP contribution is 2.34. The molecule has 0 heterocycles. The third-order valence-electron chi connectivity index (χ3n) is 2.47. The first-order valence-electron chi connectivity index (χ1n) is 4.82. The van der Waals surface area contributed by atoms with Crippen molar-refractivity contribution in [3.8, 4) is 6.07 Å². The highest BCUT2D eigenvalue weighted by atomic mass is 79.9. The van der Waals surface area contributed by atoms with Crippen molar-refractivity contribution in [1.82, 2.24) is 0 Å². The zero-order valence-corrected chi connectivity index (χ0v) is 10.3. The minimum absolute atomic E-state index is 0.0712. The highest BCUT2D eigenvalue weighted by Gasteiger charge is 2.31. The topological polar surface area (TPSA) is 35.8 Å². The lowest BCUT2D eigenvalue weighted by Crippen LogP contribution is -2.19. The molecule has 2 rings (SSSR count). The van der Waals surface area contributed by atoms with Crippen molar-refractivity contribution in [3.05, 3.63) is 27.7 Å². The van der Waals surface area contributed by atoms with Crippen LogP contribution in [0, 0.1) is 17.2 Å². The molecule has 1 unspecified atom stereocenters. The Labute approximate surface area is 102 Å². The Morgan fingerprint density at radius 1 is 1.53 bits per heavy atom. The number of anilines is 1. The smallest absolute Gasteiger partial charge is 0.117 e. The van der Waals surface area contributed by atoms with Crippen LogP contribution < -0.4 is 5.32 Å². The van der Waals surface area contributed by atoms with Crippen LogP contribution in [0.1, 0.15) is 12.8 Å². The standard InChI is InChI=1S/C11H10BrClN2/c12-9-5-8(3-4-10(9)13)15-11(6-14)7-1-2-7/h3-5,7,11,15H,1-2H2. The average molecular weight is 286 g/mol. The van der Waals surface area contributed by atoms with E-state index in [1.54, 1.807) is 0 Å². The first-order valence-corrected chi connectivity index (χ1v) is 5.99. The summed E-state index contributed by atoms with van der Waals surface area (Å²) in [6, 6.07) is 7.82. The van der Waals surface area contributed by atoms with Crippen molar-refractivity contribution in [2.24, 2.45) is 5.92 Å². The van der Waals surface area contributed by atoms with E-state index in [1.165, 1.54) is 0 Å². The summed E-state index contributed by atoms with van der Waals surface area (Å²) < 4.78 is 0.849. The molecule has 0 aromatic heterocycles. The van der Waals surface area contributed by atoms with Crippen LogP contribution in [-0.2, 0) is 0 Å². The van der Waals surface area contributed by atoms with Gasteiger partial charge in [-0.3, -0.25) is 0 Å². The second kappa shape index (κ2) is 4.42. The van der Waals surface area contributed by atoms with Gasteiger partial charge in [0.25, 0.3) is 0 Å². The predicted molar refractivity (Wildman–Crippen MR) is 64.9 cm³/mol. The van der Waals surface area contributed by atoms with Crippen molar-refractivity contribution in [2.45, 2.75) is 18.9 Å². The number of rotatable bonds is 3. The van der Waals surface area contributed by atoms with Crippen LogP contribution in [0.3, 0.4) is 0 Å². The summed E-state index contributed by atoms with van der Waals surface area (Å²) in [5.74, 6) is 0.518. The number of nitriles is 1. The normalized spacial score (nSPS) is 16.9. The second-order valence-electron chi connectivity index (χ2n) is 3.72. The fraction of sp³-hybridized carbons (Fsp3) is 0.364. The number of nitrogens with zero attached hydrogens (tertiary/aromatic N) is 1. The van der Waals surface area contributed by atoms with Crippen molar-refractivity contribution < 1.29 is 0 Å². The summed E-state index contributed by atoms with van der Waals surface area (Å²) in [6.45, 7) is 0. The van der Waals surface area contributed by atoms with Crippen LogP contribution in [0.2, 0.25) is 5.02 Å². The molecule has 1 saturated carbocycles.